The number of nitrogens with zero attached hydrogens (tertiary/aromatic N) is 1. The number of hydrogen-bond donors (Lipinski definition) is 1. The third-order valence-corrected chi connectivity index (χ3v) is 6.49. The first kappa shape index (κ1) is 26.2. The van der Waals surface area contributed by atoms with Crippen LogP contribution in [0.25, 0.3) is 0 Å². The van der Waals surface area contributed by atoms with Gasteiger partial charge in [-0.25, -0.2) is 0 Å². The van der Waals surface area contributed by atoms with Crippen LogP contribution in [0, 0.1) is 0 Å². The summed E-state index contributed by atoms with van der Waals surface area (Å²) in [7, 11) is 0. The van der Waals surface area contributed by atoms with E-state index in [1.165, 1.54) is 55.5 Å². The van der Waals surface area contributed by atoms with Crippen LogP contribution in [0.15, 0.2) is 96.2 Å². The van der Waals surface area contributed by atoms with Crippen LogP contribution in [0.5, 0.6) is 0 Å². The Hall–Kier alpha value is -3.91. The average Bonchev–Trinajstić information content (AvgIpc) is 3.09. The Morgan fingerprint density at radius 2 is 1.51 bits per heavy atom. The first-order valence-corrected chi connectivity index (χ1v) is 11.8. The average molecular weight is 527 g/mol. The minimum absolute atomic E-state index is 0.0415. The molecule has 9 heteroatoms. The minimum atomic E-state index is -5.33. The van der Waals surface area contributed by atoms with Crippen molar-refractivity contribution in [2.75, 3.05) is 6.54 Å². The van der Waals surface area contributed by atoms with Gasteiger partial charge in [0.15, 0.2) is 5.78 Å². The first-order valence-electron chi connectivity index (χ1n) is 11.4. The van der Waals surface area contributed by atoms with Crippen molar-refractivity contribution in [1.29, 1.82) is 0 Å². The fourth-order valence-corrected chi connectivity index (χ4v) is 4.60. The molecule has 2 amide bonds. The molecule has 0 aromatic heterocycles. The normalized spacial score (nSPS) is 17.8. The number of rotatable bonds is 7. The standard InChI is InChI=1S/C28H22ClF3N2O3/c1-18-23(24(35)20-11-6-3-7-12-20)27(28(30,31)32,33-25(36)21-13-8-14-22(29)17-21)26(37)34(18)16-15-19-9-4-2-5-10-19/h2-14,17H,15-16H2,1H3,(H,33,36). The molecule has 1 aliphatic rings. The van der Waals surface area contributed by atoms with Gasteiger partial charge in [-0.05, 0) is 37.1 Å². The fraction of sp³-hybridized carbons (Fsp3) is 0.179. The highest BCUT2D eigenvalue weighted by Crippen LogP contribution is 2.46. The molecule has 0 radical (unpaired) electrons. The molecule has 1 heterocycles. The van der Waals surface area contributed by atoms with Crippen molar-refractivity contribution in [2.45, 2.75) is 25.1 Å². The van der Waals surface area contributed by atoms with E-state index in [9.17, 15) is 27.6 Å². The third kappa shape index (κ3) is 4.89. The molecule has 3 aromatic carbocycles. The molecule has 190 valence electrons. The van der Waals surface area contributed by atoms with E-state index in [1.807, 2.05) is 5.32 Å². The van der Waals surface area contributed by atoms with Gasteiger partial charge in [-0.1, -0.05) is 78.3 Å². The summed E-state index contributed by atoms with van der Waals surface area (Å²) < 4.78 is 44.9. The lowest BCUT2D eigenvalue weighted by atomic mass is 9.84. The Balaban J connectivity index is 1.84. The summed E-state index contributed by atoms with van der Waals surface area (Å²) >= 11 is 5.92. The zero-order valence-corrected chi connectivity index (χ0v) is 20.4. The van der Waals surface area contributed by atoms with Crippen LogP contribution in [0.3, 0.4) is 0 Å². The number of alkyl halides is 3. The number of carbonyl (C=O) groups is 3. The van der Waals surface area contributed by atoms with Crippen molar-refractivity contribution in [2.24, 2.45) is 0 Å². The summed E-state index contributed by atoms with van der Waals surface area (Å²) in [6, 6.07) is 21.6. The highest BCUT2D eigenvalue weighted by Gasteiger charge is 2.70. The van der Waals surface area contributed by atoms with Gasteiger partial charge >= 0.3 is 6.18 Å². The Kier molecular flexibility index (Phi) is 7.23. The molecular weight excluding hydrogens is 505 g/mol. The second kappa shape index (κ2) is 10.2. The second-order valence-corrected chi connectivity index (χ2v) is 9.00. The van der Waals surface area contributed by atoms with Gasteiger partial charge in [-0.2, -0.15) is 13.2 Å². The number of nitrogens with one attached hydrogen (secondary N) is 1. The number of halogens is 4. The van der Waals surface area contributed by atoms with Gasteiger partial charge in [0.1, 0.15) is 0 Å². The van der Waals surface area contributed by atoms with Gasteiger partial charge in [0.05, 0.1) is 5.57 Å². The number of amides is 2. The molecule has 1 aliphatic heterocycles. The van der Waals surface area contributed by atoms with E-state index in [0.29, 0.717) is 0 Å². The van der Waals surface area contributed by atoms with E-state index >= 15 is 0 Å². The van der Waals surface area contributed by atoms with Crippen LogP contribution in [0.1, 0.15) is 33.2 Å². The van der Waals surface area contributed by atoms with E-state index in [1.54, 1.807) is 36.4 Å². The Bertz CT molecular complexity index is 1370. The predicted molar refractivity (Wildman–Crippen MR) is 133 cm³/mol. The van der Waals surface area contributed by atoms with Crippen molar-refractivity contribution in [3.8, 4) is 0 Å². The summed E-state index contributed by atoms with van der Waals surface area (Å²) in [5.41, 5.74) is -4.01. The summed E-state index contributed by atoms with van der Waals surface area (Å²) in [4.78, 5) is 41.2. The zero-order chi connectivity index (χ0) is 26.8. The van der Waals surface area contributed by atoms with Crippen LogP contribution in [0.4, 0.5) is 13.2 Å². The molecule has 0 saturated carbocycles. The van der Waals surface area contributed by atoms with Crippen LogP contribution in [-0.2, 0) is 11.2 Å². The van der Waals surface area contributed by atoms with Gasteiger partial charge < -0.3 is 10.2 Å². The summed E-state index contributed by atoms with van der Waals surface area (Å²) in [6.07, 6.45) is -5.09. The lowest BCUT2D eigenvalue weighted by Crippen LogP contribution is -2.66. The third-order valence-electron chi connectivity index (χ3n) is 6.25. The maximum atomic E-state index is 15.0. The quantitative estimate of drug-likeness (QED) is 0.407. The number of Topliss-reactive ketones (excluding diaryl/α,β-unsaturated/α-hetero) is 1. The molecule has 0 fully saturated rings. The van der Waals surface area contributed by atoms with E-state index in [0.717, 1.165) is 10.5 Å². The van der Waals surface area contributed by atoms with Crippen LogP contribution < -0.4 is 5.32 Å². The molecule has 0 bridgehead atoms. The maximum absolute atomic E-state index is 15.0. The van der Waals surface area contributed by atoms with Gasteiger partial charge in [0, 0.05) is 28.4 Å². The SMILES string of the molecule is CC1=C(C(=O)c2ccccc2)C(NC(=O)c2cccc(Cl)c2)(C(F)(F)F)C(=O)N1CCc1ccccc1. The highest BCUT2D eigenvalue weighted by atomic mass is 35.5. The number of hydrogen-bond acceptors (Lipinski definition) is 3. The maximum Gasteiger partial charge on any atom is 0.425 e. The summed E-state index contributed by atoms with van der Waals surface area (Å²) in [6.45, 7) is 1.17. The lowest BCUT2D eigenvalue weighted by molar-refractivity contribution is -0.189. The van der Waals surface area contributed by atoms with E-state index in [-0.39, 0.29) is 34.8 Å². The molecule has 1 unspecified atom stereocenters. The molecule has 0 aliphatic carbocycles. The van der Waals surface area contributed by atoms with Crippen LogP contribution in [0.2, 0.25) is 5.02 Å². The van der Waals surface area contributed by atoms with Crippen molar-refractivity contribution in [3.05, 3.63) is 118 Å². The van der Waals surface area contributed by atoms with Gasteiger partial charge in [0.2, 0.25) is 5.54 Å². The molecule has 3 aromatic rings. The fourth-order valence-electron chi connectivity index (χ4n) is 4.41. The Morgan fingerprint density at radius 1 is 0.919 bits per heavy atom. The largest absolute Gasteiger partial charge is 0.425 e. The van der Waals surface area contributed by atoms with Crippen LogP contribution in [-0.4, -0.2) is 40.8 Å². The molecule has 0 saturated heterocycles. The topological polar surface area (TPSA) is 66.5 Å². The number of carbonyl (C=O) groups excluding carboxylic acids is 3. The number of ketones is 1. The molecule has 0 spiro atoms. The molecule has 5 nitrogen and oxygen atoms in total. The van der Waals surface area contributed by atoms with Crippen molar-refractivity contribution in [1.82, 2.24) is 10.2 Å². The zero-order valence-electron chi connectivity index (χ0n) is 19.7. The lowest BCUT2D eigenvalue weighted by Gasteiger charge is -2.33. The van der Waals surface area contributed by atoms with Crippen molar-refractivity contribution >= 4 is 29.2 Å². The van der Waals surface area contributed by atoms with Crippen LogP contribution >= 0.6 is 11.6 Å². The second-order valence-electron chi connectivity index (χ2n) is 8.56. The van der Waals surface area contributed by atoms with Gasteiger partial charge in [0.25, 0.3) is 11.8 Å². The number of allylic oxidation sites excluding steroid dienone is 1. The smallest absolute Gasteiger partial charge is 0.326 e. The Labute approximate surface area is 216 Å². The summed E-state index contributed by atoms with van der Waals surface area (Å²) in [5, 5.41) is 2.02. The minimum Gasteiger partial charge on any atom is -0.326 e. The molecular formula is C28H22ClF3N2O3. The Morgan fingerprint density at radius 3 is 2.11 bits per heavy atom. The van der Waals surface area contributed by atoms with Gasteiger partial charge in [-0.3, -0.25) is 14.4 Å². The first-order chi connectivity index (χ1) is 17.6. The monoisotopic (exact) mass is 526 g/mol. The van der Waals surface area contributed by atoms with E-state index in [2.05, 4.69) is 0 Å². The predicted octanol–water partition coefficient (Wildman–Crippen LogP) is 5.61. The molecule has 1 N–H and O–H groups in total. The van der Waals surface area contributed by atoms with Gasteiger partial charge in [-0.15, -0.1) is 0 Å². The van der Waals surface area contributed by atoms with Crippen molar-refractivity contribution in [3.63, 3.8) is 0 Å². The molecule has 1 atom stereocenters. The van der Waals surface area contributed by atoms with Crippen molar-refractivity contribution < 1.29 is 27.6 Å². The van der Waals surface area contributed by atoms with E-state index in [4.69, 9.17) is 11.6 Å². The molecule has 4 rings (SSSR count). The highest BCUT2D eigenvalue weighted by molar-refractivity contribution is 6.31. The number of benzene rings is 3. The summed E-state index contributed by atoms with van der Waals surface area (Å²) in [5.74, 6) is -3.63. The molecule has 37 heavy (non-hydrogen) atoms. The van der Waals surface area contributed by atoms with E-state index < -0.39 is 34.9 Å².